The third-order valence-electron chi connectivity index (χ3n) is 7.60. The molecule has 2 amide bonds. The molecule has 5 rings (SSSR count). The molecular formula is C28H30N6O9S2. The zero-order valence-corrected chi connectivity index (χ0v) is 26.0. The Morgan fingerprint density at radius 3 is 2.47 bits per heavy atom. The fraction of sp³-hybridized carbons (Fsp3) is 0.357. The highest BCUT2D eigenvalue weighted by molar-refractivity contribution is 8.00. The zero-order valence-electron chi connectivity index (χ0n) is 24.3. The van der Waals surface area contributed by atoms with E-state index in [-0.39, 0.29) is 33.8 Å². The molecule has 0 radical (unpaired) electrons. The Hall–Kier alpha value is -4.61. The van der Waals surface area contributed by atoms with E-state index >= 15 is 0 Å². The van der Waals surface area contributed by atoms with E-state index in [1.165, 1.54) is 31.0 Å². The van der Waals surface area contributed by atoms with Crippen molar-refractivity contribution in [3.8, 4) is 11.5 Å². The number of β-lactam (4-membered cyclic amide) rings is 1. The second kappa shape index (κ2) is 11.7. The first-order chi connectivity index (χ1) is 21.1. The smallest absolute Gasteiger partial charge is 0.350 e. The summed E-state index contributed by atoms with van der Waals surface area (Å²) in [5, 5.41) is 48.3. The summed E-state index contributed by atoms with van der Waals surface area (Å²) >= 11 is 2.26. The summed E-state index contributed by atoms with van der Waals surface area (Å²) in [5.41, 5.74) is 5.41. The Labute approximate surface area is 264 Å². The van der Waals surface area contributed by atoms with Crippen molar-refractivity contribution in [2.24, 2.45) is 5.16 Å². The molecule has 0 bridgehead atoms. The number of thioether (sulfide) groups is 1. The van der Waals surface area contributed by atoms with Gasteiger partial charge in [0.25, 0.3) is 11.8 Å². The number of carboxylic acid groups (broad SMARTS) is 2. The van der Waals surface area contributed by atoms with E-state index in [4.69, 9.17) is 10.6 Å². The maximum Gasteiger partial charge on any atom is 0.350 e. The number of phenols is 2. The van der Waals surface area contributed by atoms with E-state index in [1.54, 1.807) is 18.2 Å². The lowest BCUT2D eigenvalue weighted by Gasteiger charge is -2.50. The van der Waals surface area contributed by atoms with Crippen LogP contribution >= 0.6 is 23.1 Å². The number of aliphatic carboxylic acids is 2. The maximum atomic E-state index is 13.3. The molecule has 17 heteroatoms. The number of hydrogen-bond donors (Lipinski definition) is 5. The van der Waals surface area contributed by atoms with Gasteiger partial charge in [-0.05, 0) is 37.6 Å². The van der Waals surface area contributed by atoms with Crippen LogP contribution in [-0.2, 0) is 37.1 Å². The lowest BCUT2D eigenvalue weighted by molar-refractivity contribution is -0.923. The lowest BCUT2D eigenvalue weighted by atomic mass is 10.0. The van der Waals surface area contributed by atoms with Crippen LogP contribution in [0.5, 0.6) is 11.5 Å². The number of nitrogen functional groups attached to an aromatic ring is 1. The summed E-state index contributed by atoms with van der Waals surface area (Å²) in [6, 6.07) is 1.97. The van der Waals surface area contributed by atoms with Crippen molar-refractivity contribution in [1.82, 2.24) is 15.2 Å². The van der Waals surface area contributed by atoms with Crippen LogP contribution in [0.15, 0.2) is 46.1 Å². The second-order valence-electron chi connectivity index (χ2n) is 11.6. The minimum atomic E-state index is -1.78. The Balaban J connectivity index is 1.30. The largest absolute Gasteiger partial charge is 0.543 e. The molecule has 1 fully saturated rings. The number of phenolic OH excluding ortho intramolecular Hbond substituents is 2. The molecule has 0 spiro atoms. The van der Waals surface area contributed by atoms with Gasteiger partial charge >= 0.3 is 5.97 Å². The fourth-order valence-corrected chi connectivity index (χ4v) is 7.05. The summed E-state index contributed by atoms with van der Waals surface area (Å²) in [4.78, 5) is 60.3. The number of rotatable bonds is 10. The van der Waals surface area contributed by atoms with Gasteiger partial charge in [-0.2, -0.15) is 0 Å². The number of carboxylic acids is 2. The van der Waals surface area contributed by atoms with Crippen molar-refractivity contribution in [2.45, 2.75) is 44.0 Å². The van der Waals surface area contributed by atoms with E-state index in [0.29, 0.717) is 29.7 Å². The molecule has 3 aliphatic rings. The van der Waals surface area contributed by atoms with Crippen molar-refractivity contribution in [3.05, 3.63) is 57.8 Å². The van der Waals surface area contributed by atoms with Crippen LogP contribution in [0.3, 0.4) is 0 Å². The lowest BCUT2D eigenvalue weighted by Crippen LogP contribution is -2.71. The van der Waals surface area contributed by atoms with Gasteiger partial charge < -0.3 is 45.6 Å². The van der Waals surface area contributed by atoms with Crippen LogP contribution in [0.2, 0.25) is 0 Å². The molecule has 2 aromatic rings. The molecule has 0 saturated carbocycles. The van der Waals surface area contributed by atoms with Crippen LogP contribution < -0.4 is 16.2 Å². The molecule has 3 aliphatic heterocycles. The van der Waals surface area contributed by atoms with Crippen LogP contribution in [0.25, 0.3) is 0 Å². The monoisotopic (exact) mass is 658 g/mol. The van der Waals surface area contributed by atoms with Gasteiger partial charge in [0.15, 0.2) is 22.3 Å². The molecule has 0 aliphatic carbocycles. The van der Waals surface area contributed by atoms with E-state index in [2.05, 4.69) is 15.5 Å². The number of nitrogens with one attached hydrogen (secondary N) is 1. The summed E-state index contributed by atoms with van der Waals surface area (Å²) in [6.07, 6.45) is 3.46. The van der Waals surface area contributed by atoms with Gasteiger partial charge in [-0.25, -0.2) is 9.78 Å². The van der Waals surface area contributed by atoms with E-state index in [9.17, 15) is 39.6 Å². The quantitative estimate of drug-likeness (QED) is 0.0738. The molecule has 1 saturated heterocycles. The van der Waals surface area contributed by atoms with Crippen molar-refractivity contribution >= 4 is 57.7 Å². The van der Waals surface area contributed by atoms with Crippen molar-refractivity contribution in [3.63, 3.8) is 0 Å². The molecule has 1 unspecified atom stereocenters. The van der Waals surface area contributed by atoms with Crippen LogP contribution in [0, 0.1) is 0 Å². The summed E-state index contributed by atoms with van der Waals surface area (Å²) in [5.74, 6) is -4.60. The topological polar surface area (TPSA) is 228 Å². The highest BCUT2D eigenvalue weighted by atomic mass is 32.2. The number of allylic oxidation sites excluding steroid dienone is 1. The number of nitrogens with two attached hydrogens (primary N) is 1. The molecule has 15 nitrogen and oxygen atoms in total. The summed E-state index contributed by atoms with van der Waals surface area (Å²) < 4.78 is 0.525. The molecule has 45 heavy (non-hydrogen) atoms. The van der Waals surface area contributed by atoms with Gasteiger partial charge in [-0.3, -0.25) is 14.5 Å². The average Bonchev–Trinajstić information content (AvgIpc) is 3.53. The molecule has 1 aromatic carbocycles. The third-order valence-corrected chi connectivity index (χ3v) is 9.58. The second-order valence-corrected chi connectivity index (χ2v) is 13.6. The van der Waals surface area contributed by atoms with Gasteiger partial charge in [0, 0.05) is 22.3 Å². The number of hydrogen-bond acceptors (Lipinski definition) is 13. The highest BCUT2D eigenvalue weighted by Crippen LogP contribution is 2.41. The molecule has 1 aromatic heterocycles. The van der Waals surface area contributed by atoms with Gasteiger partial charge in [-0.1, -0.05) is 11.2 Å². The number of aromatic nitrogens is 1. The number of likely N-dealkylation sites (N-methyl/N-ethyl adjacent to an activating group) is 1. The Morgan fingerprint density at radius 1 is 1.27 bits per heavy atom. The minimum absolute atomic E-state index is 0.00455. The van der Waals surface area contributed by atoms with Crippen LogP contribution in [0.4, 0.5) is 5.13 Å². The molecule has 4 heterocycles. The number of carbonyl (C=O) groups is 4. The number of thiazole rings is 1. The van der Waals surface area contributed by atoms with Gasteiger partial charge in [-0.15, -0.1) is 23.1 Å². The Kier molecular flexibility index (Phi) is 8.28. The van der Waals surface area contributed by atoms with E-state index < -0.39 is 46.5 Å². The normalized spacial score (nSPS) is 20.9. The first-order valence-electron chi connectivity index (χ1n) is 13.5. The molecular weight excluding hydrogens is 628 g/mol. The van der Waals surface area contributed by atoms with Crippen molar-refractivity contribution in [1.29, 1.82) is 0 Å². The number of aromatic hydroxyl groups is 2. The summed E-state index contributed by atoms with van der Waals surface area (Å²) in [6.45, 7) is 4.17. The Bertz CT molecular complexity index is 1670. The predicted molar refractivity (Wildman–Crippen MR) is 160 cm³/mol. The molecule has 2 atom stereocenters. The number of fused-ring (bicyclic) bond motifs is 2. The average molecular weight is 659 g/mol. The Morgan fingerprint density at radius 2 is 1.91 bits per heavy atom. The molecule has 238 valence electrons. The third kappa shape index (κ3) is 6.18. The number of oxime groups is 1. The minimum Gasteiger partial charge on any atom is -0.543 e. The number of anilines is 1. The predicted octanol–water partition coefficient (Wildman–Crippen LogP) is -0.159. The van der Waals surface area contributed by atoms with E-state index in [0.717, 1.165) is 27.4 Å². The van der Waals surface area contributed by atoms with Crippen LogP contribution in [-0.4, -0.2) is 95.5 Å². The first-order valence-corrected chi connectivity index (χ1v) is 15.5. The number of benzene rings is 1. The molecule has 6 N–H and O–H groups in total. The zero-order chi connectivity index (χ0) is 32.8. The van der Waals surface area contributed by atoms with E-state index in [1.807, 2.05) is 13.1 Å². The first kappa shape index (κ1) is 31.8. The van der Waals surface area contributed by atoms with Crippen molar-refractivity contribution in [2.75, 3.05) is 25.1 Å². The van der Waals surface area contributed by atoms with Gasteiger partial charge in [0.05, 0.1) is 25.3 Å². The van der Waals surface area contributed by atoms with Crippen LogP contribution in [0.1, 0.15) is 30.7 Å². The van der Waals surface area contributed by atoms with Gasteiger partial charge in [0.2, 0.25) is 5.60 Å². The highest BCUT2D eigenvalue weighted by Gasteiger charge is 2.53. The number of nitrogens with zero attached hydrogens (tertiary/aromatic N) is 4. The summed E-state index contributed by atoms with van der Waals surface area (Å²) in [7, 11) is 2.00. The standard InChI is InChI=1S/C28H30N6O9S2/c1-28(2,26(41)42)43-32-19(16-12-45-27(29)30-16)22(37)31-20-23(38)33-21(25(39)40)13(11-44-24(20)33)5-4-6-34(3)9-14-7-17(35)18(36)8-15(14)10-34/h4-5,7-8,12,20,24H,6,9-11H2,1-3H3,(H6-,29,30,31,32,35,36,37,39,40,41,42)/b5-4-/t20?,24-/m1/s1. The fourth-order valence-electron chi connectivity index (χ4n) is 5.18. The number of quaternary nitrogens is 1. The van der Waals surface area contributed by atoms with Crippen molar-refractivity contribution < 1.29 is 48.9 Å². The number of carbonyl (C=O) groups excluding carboxylic acids is 3. The number of amides is 2. The van der Waals surface area contributed by atoms with Gasteiger partial charge in [0.1, 0.15) is 30.2 Å². The SMILES string of the molecule is CC(C)(O/N=C(\C(=O)NC1C(=O)N2C(C(=O)[O-])=C(/C=C\C[N+]3(C)Cc4cc(O)c(O)cc4C3)CS[C@H]12)c1csc(N)n1)C(=O)O. The maximum absolute atomic E-state index is 13.3.